The lowest BCUT2D eigenvalue weighted by Crippen LogP contribution is -2.23. The molecule has 0 radical (unpaired) electrons. The Hall–Kier alpha value is -2.93. The standard InChI is InChI=1S/C22H24N4O2S/c1-13-16(14(2)24-21-20(13)22(28-4)25-26(21)3)9-10-19(27)23-11-15-12-29-18-8-6-5-7-17(15)18/h5-8,12H,9-11H2,1-4H3,(H,23,27). The third-order valence-corrected chi connectivity index (χ3v) is 6.37. The van der Waals surface area contributed by atoms with Crippen molar-refractivity contribution in [3.63, 3.8) is 0 Å². The maximum Gasteiger partial charge on any atom is 0.242 e. The summed E-state index contributed by atoms with van der Waals surface area (Å²) in [6.45, 7) is 4.58. The zero-order chi connectivity index (χ0) is 20.5. The van der Waals surface area contributed by atoms with Gasteiger partial charge in [-0.15, -0.1) is 16.4 Å². The molecule has 4 aromatic rings. The SMILES string of the molecule is COc1nn(C)c2nc(C)c(CCC(=O)NCc3csc4ccccc34)c(C)c12. The molecular weight excluding hydrogens is 384 g/mol. The molecule has 0 aliphatic rings. The van der Waals surface area contributed by atoms with E-state index in [0.29, 0.717) is 25.3 Å². The number of carbonyl (C=O) groups is 1. The van der Waals surface area contributed by atoms with Crippen LogP contribution in [0.25, 0.3) is 21.1 Å². The molecule has 7 heteroatoms. The van der Waals surface area contributed by atoms with Crippen LogP contribution in [-0.4, -0.2) is 27.8 Å². The lowest BCUT2D eigenvalue weighted by atomic mass is 10.00. The molecule has 6 nitrogen and oxygen atoms in total. The van der Waals surface area contributed by atoms with Gasteiger partial charge in [-0.05, 0) is 53.8 Å². The summed E-state index contributed by atoms with van der Waals surface area (Å²) in [5.41, 5.74) is 5.05. The third kappa shape index (κ3) is 3.58. The molecule has 1 N–H and O–H groups in total. The fraction of sp³-hybridized carbons (Fsp3) is 0.318. The normalized spacial score (nSPS) is 11.3. The number of fused-ring (bicyclic) bond motifs is 2. The minimum Gasteiger partial charge on any atom is -0.479 e. The van der Waals surface area contributed by atoms with E-state index in [2.05, 4.69) is 27.9 Å². The molecule has 0 aliphatic heterocycles. The molecule has 3 aromatic heterocycles. The molecule has 0 unspecified atom stereocenters. The summed E-state index contributed by atoms with van der Waals surface area (Å²) < 4.78 is 8.39. The van der Waals surface area contributed by atoms with Crippen molar-refractivity contribution in [2.45, 2.75) is 33.2 Å². The van der Waals surface area contributed by atoms with E-state index in [-0.39, 0.29) is 5.91 Å². The van der Waals surface area contributed by atoms with E-state index >= 15 is 0 Å². The summed E-state index contributed by atoms with van der Waals surface area (Å²) in [4.78, 5) is 17.2. The molecule has 0 fully saturated rings. The third-order valence-electron chi connectivity index (χ3n) is 5.36. The minimum atomic E-state index is 0.0392. The summed E-state index contributed by atoms with van der Waals surface area (Å²) in [5.74, 6) is 0.611. The van der Waals surface area contributed by atoms with Crippen LogP contribution in [0.3, 0.4) is 0 Å². The maximum atomic E-state index is 12.5. The number of nitrogens with one attached hydrogen (secondary N) is 1. The van der Waals surface area contributed by atoms with Gasteiger partial charge in [-0.2, -0.15) is 0 Å². The molecule has 0 aliphatic carbocycles. The minimum absolute atomic E-state index is 0.0392. The van der Waals surface area contributed by atoms with E-state index in [0.717, 1.165) is 33.4 Å². The number of thiophene rings is 1. The number of aromatic nitrogens is 3. The van der Waals surface area contributed by atoms with Crippen molar-refractivity contribution in [2.24, 2.45) is 7.05 Å². The zero-order valence-electron chi connectivity index (χ0n) is 17.1. The van der Waals surface area contributed by atoms with Crippen molar-refractivity contribution in [3.05, 3.63) is 52.0 Å². The molecule has 0 bridgehead atoms. The van der Waals surface area contributed by atoms with Crippen LogP contribution in [0.4, 0.5) is 0 Å². The lowest BCUT2D eigenvalue weighted by molar-refractivity contribution is -0.121. The second kappa shape index (κ2) is 7.83. The first kappa shape index (κ1) is 19.4. The number of benzene rings is 1. The number of pyridine rings is 1. The van der Waals surface area contributed by atoms with Gasteiger partial charge in [0.2, 0.25) is 11.8 Å². The maximum absolute atomic E-state index is 12.5. The van der Waals surface area contributed by atoms with Gasteiger partial charge in [0.05, 0.1) is 12.5 Å². The summed E-state index contributed by atoms with van der Waals surface area (Å²) in [5, 5.41) is 11.7. The molecular formula is C22H24N4O2S. The van der Waals surface area contributed by atoms with Crippen molar-refractivity contribution < 1.29 is 9.53 Å². The highest BCUT2D eigenvalue weighted by Gasteiger charge is 2.18. The van der Waals surface area contributed by atoms with Gasteiger partial charge >= 0.3 is 0 Å². The van der Waals surface area contributed by atoms with Crippen molar-refractivity contribution in [1.29, 1.82) is 0 Å². The van der Waals surface area contributed by atoms with Crippen molar-refractivity contribution in [3.8, 4) is 5.88 Å². The molecule has 0 atom stereocenters. The highest BCUT2D eigenvalue weighted by molar-refractivity contribution is 7.17. The molecule has 29 heavy (non-hydrogen) atoms. The Morgan fingerprint density at radius 2 is 2.07 bits per heavy atom. The number of hydrogen-bond acceptors (Lipinski definition) is 5. The van der Waals surface area contributed by atoms with Gasteiger partial charge in [0.25, 0.3) is 0 Å². The number of nitrogens with zero attached hydrogens (tertiary/aromatic N) is 3. The molecule has 4 rings (SSSR count). The second-order valence-electron chi connectivity index (χ2n) is 7.17. The Kier molecular flexibility index (Phi) is 5.24. The second-order valence-corrected chi connectivity index (χ2v) is 8.08. The summed E-state index contributed by atoms with van der Waals surface area (Å²) in [6.07, 6.45) is 1.05. The first-order valence-corrected chi connectivity index (χ1v) is 10.5. The molecule has 150 valence electrons. The highest BCUT2D eigenvalue weighted by atomic mass is 32.1. The molecule has 3 heterocycles. The predicted molar refractivity (Wildman–Crippen MR) is 117 cm³/mol. The van der Waals surface area contributed by atoms with Crippen LogP contribution in [0.2, 0.25) is 0 Å². The number of ether oxygens (including phenoxy) is 1. The zero-order valence-corrected chi connectivity index (χ0v) is 17.9. The Bertz CT molecular complexity index is 1210. The predicted octanol–water partition coefficient (Wildman–Crippen LogP) is 4.06. The summed E-state index contributed by atoms with van der Waals surface area (Å²) >= 11 is 1.71. The van der Waals surface area contributed by atoms with Crippen LogP contribution >= 0.6 is 11.3 Å². The monoisotopic (exact) mass is 408 g/mol. The Morgan fingerprint density at radius 1 is 1.28 bits per heavy atom. The van der Waals surface area contributed by atoms with Crippen LogP contribution in [0.5, 0.6) is 5.88 Å². The van der Waals surface area contributed by atoms with E-state index in [1.165, 1.54) is 10.1 Å². The fourth-order valence-corrected chi connectivity index (χ4v) is 4.76. The van der Waals surface area contributed by atoms with E-state index in [4.69, 9.17) is 9.72 Å². The number of carbonyl (C=O) groups excluding carboxylic acids is 1. The Balaban J connectivity index is 1.47. The Morgan fingerprint density at radius 3 is 2.86 bits per heavy atom. The van der Waals surface area contributed by atoms with Crippen LogP contribution in [0.15, 0.2) is 29.6 Å². The van der Waals surface area contributed by atoms with Crippen LogP contribution in [0, 0.1) is 13.8 Å². The summed E-state index contributed by atoms with van der Waals surface area (Å²) in [7, 11) is 3.47. The van der Waals surface area contributed by atoms with Crippen molar-refractivity contribution in [1.82, 2.24) is 20.1 Å². The topological polar surface area (TPSA) is 69.0 Å². The molecule has 1 aromatic carbocycles. The number of aryl methyl sites for hydroxylation is 3. The van der Waals surface area contributed by atoms with Crippen molar-refractivity contribution in [2.75, 3.05) is 7.11 Å². The van der Waals surface area contributed by atoms with Gasteiger partial charge in [-0.1, -0.05) is 18.2 Å². The highest BCUT2D eigenvalue weighted by Crippen LogP contribution is 2.30. The number of rotatable bonds is 6. The van der Waals surface area contributed by atoms with E-state index < -0.39 is 0 Å². The van der Waals surface area contributed by atoms with E-state index in [1.807, 2.05) is 33.0 Å². The molecule has 0 saturated heterocycles. The first-order valence-electron chi connectivity index (χ1n) is 9.58. The quantitative estimate of drug-likeness (QED) is 0.522. The van der Waals surface area contributed by atoms with Crippen LogP contribution in [0.1, 0.15) is 28.8 Å². The van der Waals surface area contributed by atoms with Gasteiger partial charge < -0.3 is 10.1 Å². The fourth-order valence-electron chi connectivity index (χ4n) is 3.80. The number of methoxy groups -OCH3 is 1. The van der Waals surface area contributed by atoms with Gasteiger partial charge in [0, 0.05) is 30.4 Å². The molecule has 1 amide bonds. The van der Waals surface area contributed by atoms with Gasteiger partial charge in [0.1, 0.15) is 0 Å². The molecule has 0 spiro atoms. The summed E-state index contributed by atoms with van der Waals surface area (Å²) in [6, 6.07) is 8.27. The number of amides is 1. The van der Waals surface area contributed by atoms with Gasteiger partial charge in [0.15, 0.2) is 5.65 Å². The average Bonchev–Trinajstić information content (AvgIpc) is 3.27. The van der Waals surface area contributed by atoms with E-state index in [1.54, 1.807) is 23.1 Å². The Labute approximate surface area is 173 Å². The van der Waals surface area contributed by atoms with Crippen LogP contribution in [-0.2, 0) is 24.8 Å². The largest absolute Gasteiger partial charge is 0.479 e. The average molecular weight is 409 g/mol. The van der Waals surface area contributed by atoms with E-state index in [9.17, 15) is 4.79 Å². The molecule has 0 saturated carbocycles. The smallest absolute Gasteiger partial charge is 0.242 e. The lowest BCUT2D eigenvalue weighted by Gasteiger charge is -2.11. The van der Waals surface area contributed by atoms with Crippen LogP contribution < -0.4 is 10.1 Å². The first-order chi connectivity index (χ1) is 14.0. The number of hydrogen-bond donors (Lipinski definition) is 1. The van der Waals surface area contributed by atoms with Gasteiger partial charge in [-0.3, -0.25) is 4.79 Å². The van der Waals surface area contributed by atoms with Gasteiger partial charge in [-0.25, -0.2) is 9.67 Å². The van der Waals surface area contributed by atoms with Crippen molar-refractivity contribution >= 4 is 38.4 Å².